The minimum absolute atomic E-state index is 0.858. The summed E-state index contributed by atoms with van der Waals surface area (Å²) in [5.74, 6) is 0. The summed E-state index contributed by atoms with van der Waals surface area (Å²) in [4.78, 5) is 2.37. The molecular weight excluding hydrogens is 268 g/mol. The molecule has 0 amide bonds. The first-order valence-corrected chi connectivity index (χ1v) is 7.96. The van der Waals surface area contributed by atoms with Crippen LogP contribution in [0, 0.1) is 0 Å². The molecule has 0 fully saturated rings. The third-order valence-corrected chi connectivity index (χ3v) is 3.91. The smallest absolute Gasteiger partial charge is 0.205 e. The zero-order valence-corrected chi connectivity index (χ0v) is 13.0. The van der Waals surface area contributed by atoms with E-state index in [1.54, 1.807) is 11.3 Å². The van der Waals surface area contributed by atoms with E-state index in [4.69, 9.17) is 0 Å². The van der Waals surface area contributed by atoms with E-state index in [9.17, 15) is 0 Å². The molecule has 0 radical (unpaired) electrons. The Bertz CT molecular complexity index is 498. The van der Waals surface area contributed by atoms with E-state index in [2.05, 4.69) is 64.6 Å². The maximum absolute atomic E-state index is 4.26. The molecule has 1 aromatic carbocycles. The third kappa shape index (κ3) is 4.58. The van der Waals surface area contributed by atoms with Gasteiger partial charge in [-0.15, -0.1) is 10.2 Å². The van der Waals surface area contributed by atoms with Gasteiger partial charge in [-0.3, -0.25) is 4.90 Å². The lowest BCUT2D eigenvalue weighted by Gasteiger charge is -2.18. The van der Waals surface area contributed by atoms with Crippen LogP contribution in [-0.2, 0) is 13.1 Å². The first-order chi connectivity index (χ1) is 9.81. The maximum Gasteiger partial charge on any atom is 0.205 e. The summed E-state index contributed by atoms with van der Waals surface area (Å²) in [5, 5.41) is 13.7. The van der Waals surface area contributed by atoms with Crippen LogP contribution >= 0.6 is 11.3 Å². The van der Waals surface area contributed by atoms with Crippen LogP contribution < -0.4 is 5.32 Å². The molecule has 0 saturated heterocycles. The first kappa shape index (κ1) is 14.9. The highest BCUT2D eigenvalue weighted by Crippen LogP contribution is 2.17. The second kappa shape index (κ2) is 7.97. The SMILES string of the molecule is CCCNc1nnc(CN(CC)Cc2ccccc2)s1. The molecule has 1 aromatic heterocycles. The number of hydrogen-bond acceptors (Lipinski definition) is 5. The van der Waals surface area contributed by atoms with Crippen molar-refractivity contribution < 1.29 is 0 Å². The van der Waals surface area contributed by atoms with Crippen LogP contribution in [0.4, 0.5) is 5.13 Å². The second-order valence-corrected chi connectivity index (χ2v) is 5.78. The standard InChI is InChI=1S/C15H22N4S/c1-3-10-16-15-18-17-14(20-15)12-19(4-2)11-13-8-6-5-7-9-13/h5-9H,3-4,10-12H2,1-2H3,(H,16,18). The van der Waals surface area contributed by atoms with Gasteiger partial charge < -0.3 is 5.32 Å². The Morgan fingerprint density at radius 2 is 1.90 bits per heavy atom. The van der Waals surface area contributed by atoms with Crippen molar-refractivity contribution in [2.45, 2.75) is 33.4 Å². The lowest BCUT2D eigenvalue weighted by molar-refractivity contribution is 0.270. The summed E-state index contributed by atoms with van der Waals surface area (Å²) in [6.07, 6.45) is 1.10. The molecule has 0 spiro atoms. The van der Waals surface area contributed by atoms with Crippen molar-refractivity contribution in [3.8, 4) is 0 Å². The quantitative estimate of drug-likeness (QED) is 0.809. The molecule has 0 aliphatic carbocycles. The minimum atomic E-state index is 0.858. The minimum Gasteiger partial charge on any atom is -0.360 e. The average molecular weight is 290 g/mol. The van der Waals surface area contributed by atoms with E-state index in [-0.39, 0.29) is 0 Å². The number of benzene rings is 1. The predicted molar refractivity (Wildman–Crippen MR) is 84.9 cm³/mol. The highest BCUT2D eigenvalue weighted by molar-refractivity contribution is 7.15. The number of rotatable bonds is 8. The van der Waals surface area contributed by atoms with Crippen LogP contribution in [0.3, 0.4) is 0 Å². The van der Waals surface area contributed by atoms with Gasteiger partial charge in [0.2, 0.25) is 5.13 Å². The van der Waals surface area contributed by atoms with Crippen molar-refractivity contribution in [3.63, 3.8) is 0 Å². The summed E-state index contributed by atoms with van der Waals surface area (Å²) < 4.78 is 0. The van der Waals surface area contributed by atoms with Crippen LogP contribution in [-0.4, -0.2) is 28.2 Å². The van der Waals surface area contributed by atoms with E-state index in [0.717, 1.165) is 42.7 Å². The summed E-state index contributed by atoms with van der Waals surface area (Å²) in [5.41, 5.74) is 1.34. The van der Waals surface area contributed by atoms with Crippen molar-refractivity contribution in [1.29, 1.82) is 0 Å². The molecule has 108 valence electrons. The molecule has 20 heavy (non-hydrogen) atoms. The summed E-state index contributed by atoms with van der Waals surface area (Å²) >= 11 is 1.65. The zero-order valence-electron chi connectivity index (χ0n) is 12.2. The van der Waals surface area contributed by atoms with Crippen molar-refractivity contribution in [3.05, 3.63) is 40.9 Å². The van der Waals surface area contributed by atoms with E-state index in [1.165, 1.54) is 5.56 Å². The van der Waals surface area contributed by atoms with Gasteiger partial charge in [0.15, 0.2) is 0 Å². The van der Waals surface area contributed by atoms with Gasteiger partial charge in [0.1, 0.15) is 5.01 Å². The van der Waals surface area contributed by atoms with E-state index in [1.807, 2.05) is 0 Å². The van der Waals surface area contributed by atoms with Crippen molar-refractivity contribution in [2.75, 3.05) is 18.4 Å². The van der Waals surface area contributed by atoms with Gasteiger partial charge in [-0.2, -0.15) is 0 Å². The Morgan fingerprint density at radius 3 is 2.60 bits per heavy atom. The first-order valence-electron chi connectivity index (χ1n) is 7.14. The number of aromatic nitrogens is 2. The molecule has 0 aliphatic heterocycles. The van der Waals surface area contributed by atoms with Crippen LogP contribution in [0.5, 0.6) is 0 Å². The van der Waals surface area contributed by atoms with Crippen LogP contribution in [0.2, 0.25) is 0 Å². The summed E-state index contributed by atoms with van der Waals surface area (Å²) in [7, 11) is 0. The molecular formula is C15H22N4S. The zero-order chi connectivity index (χ0) is 14.2. The Kier molecular flexibility index (Phi) is 5.95. The largest absolute Gasteiger partial charge is 0.360 e. The van der Waals surface area contributed by atoms with Crippen LogP contribution in [0.25, 0.3) is 0 Å². The average Bonchev–Trinajstić information content (AvgIpc) is 2.93. The highest BCUT2D eigenvalue weighted by Gasteiger charge is 2.09. The van der Waals surface area contributed by atoms with Gasteiger partial charge in [0.05, 0.1) is 6.54 Å². The predicted octanol–water partition coefficient (Wildman–Crippen LogP) is 3.38. The number of nitrogens with zero attached hydrogens (tertiary/aromatic N) is 3. The Labute approximate surface area is 124 Å². The molecule has 4 nitrogen and oxygen atoms in total. The van der Waals surface area contributed by atoms with Crippen molar-refractivity contribution in [1.82, 2.24) is 15.1 Å². The normalized spacial score (nSPS) is 10.9. The molecule has 1 N–H and O–H groups in total. The van der Waals surface area contributed by atoms with E-state index in [0.29, 0.717) is 0 Å². The molecule has 0 saturated carbocycles. The van der Waals surface area contributed by atoms with Gasteiger partial charge in [-0.1, -0.05) is 55.5 Å². The number of anilines is 1. The fourth-order valence-electron chi connectivity index (χ4n) is 1.93. The molecule has 2 rings (SSSR count). The van der Waals surface area contributed by atoms with Crippen LogP contribution in [0.15, 0.2) is 30.3 Å². The molecule has 0 atom stereocenters. The maximum atomic E-state index is 4.26. The molecule has 1 heterocycles. The Morgan fingerprint density at radius 1 is 1.10 bits per heavy atom. The molecule has 0 unspecified atom stereocenters. The third-order valence-electron chi connectivity index (χ3n) is 3.05. The summed E-state index contributed by atoms with van der Waals surface area (Å²) in [6, 6.07) is 10.5. The monoisotopic (exact) mass is 290 g/mol. The van der Waals surface area contributed by atoms with Crippen molar-refractivity contribution >= 4 is 16.5 Å². The Hall–Kier alpha value is -1.46. The molecule has 0 bridgehead atoms. The molecule has 5 heteroatoms. The van der Waals surface area contributed by atoms with Gasteiger partial charge in [0.25, 0.3) is 0 Å². The van der Waals surface area contributed by atoms with Crippen LogP contribution in [0.1, 0.15) is 30.8 Å². The van der Waals surface area contributed by atoms with Gasteiger partial charge in [-0.25, -0.2) is 0 Å². The lowest BCUT2D eigenvalue weighted by Crippen LogP contribution is -2.22. The van der Waals surface area contributed by atoms with Gasteiger partial charge in [0, 0.05) is 13.1 Å². The van der Waals surface area contributed by atoms with E-state index >= 15 is 0 Å². The fourth-order valence-corrected chi connectivity index (χ4v) is 2.74. The lowest BCUT2D eigenvalue weighted by atomic mass is 10.2. The number of nitrogens with one attached hydrogen (secondary N) is 1. The fraction of sp³-hybridized carbons (Fsp3) is 0.467. The van der Waals surface area contributed by atoms with Gasteiger partial charge >= 0.3 is 0 Å². The number of hydrogen-bond donors (Lipinski definition) is 1. The van der Waals surface area contributed by atoms with E-state index < -0.39 is 0 Å². The highest BCUT2D eigenvalue weighted by atomic mass is 32.1. The topological polar surface area (TPSA) is 41.1 Å². The second-order valence-electron chi connectivity index (χ2n) is 4.72. The molecule has 2 aromatic rings. The molecule has 0 aliphatic rings. The van der Waals surface area contributed by atoms with Crippen molar-refractivity contribution in [2.24, 2.45) is 0 Å². The summed E-state index contributed by atoms with van der Waals surface area (Å²) in [6.45, 7) is 8.10. The van der Waals surface area contributed by atoms with Gasteiger partial charge in [-0.05, 0) is 18.5 Å². The Balaban J connectivity index is 1.91.